The molecule has 0 aliphatic carbocycles. The molecule has 0 spiro atoms. The van der Waals surface area contributed by atoms with Gasteiger partial charge >= 0.3 is 0 Å². The molecular weight excluding hydrogens is 382 g/mol. The number of carbonyl (C=O) groups excluding carboxylic acids is 3. The van der Waals surface area contributed by atoms with Gasteiger partial charge in [0.15, 0.2) is 6.61 Å². The summed E-state index contributed by atoms with van der Waals surface area (Å²) in [6.07, 6.45) is 1.38. The highest BCUT2D eigenvalue weighted by molar-refractivity contribution is 5.95. The third-order valence-corrected chi connectivity index (χ3v) is 5.12. The normalized spacial score (nSPS) is 14.1. The van der Waals surface area contributed by atoms with Gasteiger partial charge in [-0.05, 0) is 43.5 Å². The first-order valence-electron chi connectivity index (χ1n) is 10.1. The summed E-state index contributed by atoms with van der Waals surface area (Å²) < 4.78 is 5.36. The van der Waals surface area contributed by atoms with E-state index in [1.165, 1.54) is 0 Å². The summed E-state index contributed by atoms with van der Waals surface area (Å²) in [4.78, 5) is 38.4. The van der Waals surface area contributed by atoms with Crippen molar-refractivity contribution in [1.82, 2.24) is 15.5 Å². The van der Waals surface area contributed by atoms with E-state index in [-0.39, 0.29) is 36.9 Å². The molecule has 3 rings (SSSR count). The summed E-state index contributed by atoms with van der Waals surface area (Å²) in [5.41, 5.74) is 1.62. The van der Waals surface area contributed by atoms with Crippen LogP contribution in [0, 0.1) is 6.92 Å². The second-order valence-corrected chi connectivity index (χ2v) is 7.32. The van der Waals surface area contributed by atoms with Crippen molar-refractivity contribution in [2.75, 3.05) is 26.2 Å². The second kappa shape index (κ2) is 10.4. The minimum Gasteiger partial charge on any atom is -0.484 e. The highest BCUT2D eigenvalue weighted by Crippen LogP contribution is 2.13. The van der Waals surface area contributed by atoms with Crippen molar-refractivity contribution in [3.05, 3.63) is 65.7 Å². The highest BCUT2D eigenvalue weighted by Gasteiger charge is 2.24. The number of para-hydroxylation sites is 1. The van der Waals surface area contributed by atoms with E-state index in [2.05, 4.69) is 10.6 Å². The third-order valence-electron chi connectivity index (χ3n) is 5.12. The van der Waals surface area contributed by atoms with Gasteiger partial charge in [-0.1, -0.05) is 36.4 Å². The number of ether oxygens (including phenoxy) is 1. The molecule has 30 heavy (non-hydrogen) atoms. The number of likely N-dealkylation sites (tertiary alicyclic amines) is 1. The lowest BCUT2D eigenvalue weighted by Crippen LogP contribution is -2.49. The Morgan fingerprint density at radius 3 is 2.37 bits per heavy atom. The number of amides is 3. The maximum atomic E-state index is 12.4. The Bertz CT molecular complexity index is 877. The van der Waals surface area contributed by atoms with Crippen molar-refractivity contribution in [1.29, 1.82) is 0 Å². The quantitative estimate of drug-likeness (QED) is 0.731. The van der Waals surface area contributed by atoms with Crippen LogP contribution in [0.25, 0.3) is 0 Å². The van der Waals surface area contributed by atoms with Crippen LogP contribution >= 0.6 is 0 Å². The first kappa shape index (κ1) is 21.4. The van der Waals surface area contributed by atoms with Crippen molar-refractivity contribution in [2.45, 2.75) is 25.8 Å². The molecule has 0 radical (unpaired) electrons. The molecule has 2 N–H and O–H groups in total. The van der Waals surface area contributed by atoms with Crippen LogP contribution in [-0.4, -0.2) is 54.9 Å². The van der Waals surface area contributed by atoms with Crippen LogP contribution in [0.2, 0.25) is 0 Å². The van der Waals surface area contributed by atoms with Crippen LogP contribution < -0.4 is 15.4 Å². The molecule has 7 heteroatoms. The van der Waals surface area contributed by atoms with Crippen molar-refractivity contribution < 1.29 is 19.1 Å². The van der Waals surface area contributed by atoms with Gasteiger partial charge in [-0.3, -0.25) is 14.4 Å². The van der Waals surface area contributed by atoms with Crippen molar-refractivity contribution in [3.8, 4) is 5.75 Å². The Balaban J connectivity index is 1.36. The summed E-state index contributed by atoms with van der Waals surface area (Å²) in [6.45, 7) is 2.82. The van der Waals surface area contributed by atoms with Crippen LogP contribution in [0.15, 0.2) is 54.6 Å². The minimum absolute atomic E-state index is 0.0371. The fourth-order valence-corrected chi connectivity index (χ4v) is 3.37. The summed E-state index contributed by atoms with van der Waals surface area (Å²) in [7, 11) is 0. The van der Waals surface area contributed by atoms with E-state index in [1.807, 2.05) is 49.4 Å². The van der Waals surface area contributed by atoms with Crippen LogP contribution in [0.5, 0.6) is 5.75 Å². The zero-order chi connectivity index (χ0) is 21.3. The smallest absolute Gasteiger partial charge is 0.258 e. The Hall–Kier alpha value is -3.35. The van der Waals surface area contributed by atoms with Gasteiger partial charge in [-0.25, -0.2) is 0 Å². The number of aryl methyl sites for hydroxylation is 1. The molecule has 3 amide bonds. The van der Waals surface area contributed by atoms with E-state index < -0.39 is 0 Å². The molecule has 0 bridgehead atoms. The highest BCUT2D eigenvalue weighted by atomic mass is 16.5. The molecule has 0 aromatic heterocycles. The van der Waals surface area contributed by atoms with Crippen LogP contribution in [0.1, 0.15) is 28.8 Å². The fraction of sp³-hybridized carbons (Fsp3) is 0.348. The predicted molar refractivity (Wildman–Crippen MR) is 113 cm³/mol. The van der Waals surface area contributed by atoms with Gasteiger partial charge in [-0.15, -0.1) is 0 Å². The van der Waals surface area contributed by atoms with Gasteiger partial charge in [0.1, 0.15) is 5.75 Å². The number of carbonyl (C=O) groups is 3. The number of benzene rings is 2. The van der Waals surface area contributed by atoms with Gasteiger partial charge in [0.25, 0.3) is 11.8 Å². The number of hydrogen-bond donors (Lipinski definition) is 2. The molecule has 0 saturated carbocycles. The van der Waals surface area contributed by atoms with E-state index in [0.29, 0.717) is 37.2 Å². The Kier molecular flexibility index (Phi) is 7.43. The monoisotopic (exact) mass is 409 g/mol. The molecule has 7 nitrogen and oxygen atoms in total. The van der Waals surface area contributed by atoms with Crippen LogP contribution in [0.4, 0.5) is 0 Å². The maximum Gasteiger partial charge on any atom is 0.258 e. The standard InChI is InChI=1S/C23H27N3O4/c1-17-7-5-6-10-20(17)23(29)25-18-11-13-26(14-12-18)22(28)15-24-21(27)16-30-19-8-3-2-4-9-19/h2-10,18H,11-16H2,1H3,(H,24,27)(H,25,29). The van der Waals surface area contributed by atoms with E-state index in [0.717, 1.165) is 5.56 Å². The van der Waals surface area contributed by atoms with Gasteiger partial charge in [-0.2, -0.15) is 0 Å². The average molecular weight is 409 g/mol. The van der Waals surface area contributed by atoms with Gasteiger partial charge < -0.3 is 20.3 Å². The number of nitrogens with zero attached hydrogens (tertiary/aromatic N) is 1. The predicted octanol–water partition coefficient (Wildman–Crippen LogP) is 1.91. The molecule has 1 fully saturated rings. The summed E-state index contributed by atoms with van der Waals surface area (Å²) in [5.74, 6) is 0.0525. The number of hydrogen-bond acceptors (Lipinski definition) is 4. The number of nitrogens with one attached hydrogen (secondary N) is 2. The van der Waals surface area contributed by atoms with E-state index >= 15 is 0 Å². The maximum absolute atomic E-state index is 12.4. The molecule has 1 heterocycles. The van der Waals surface area contributed by atoms with Crippen LogP contribution in [-0.2, 0) is 9.59 Å². The molecule has 1 aliphatic heterocycles. The average Bonchev–Trinajstić information content (AvgIpc) is 2.77. The van der Waals surface area contributed by atoms with Gasteiger partial charge in [0, 0.05) is 24.7 Å². The minimum atomic E-state index is -0.340. The van der Waals surface area contributed by atoms with Crippen molar-refractivity contribution in [3.63, 3.8) is 0 Å². The Labute approximate surface area is 176 Å². The lowest BCUT2D eigenvalue weighted by Gasteiger charge is -2.32. The van der Waals surface area contributed by atoms with E-state index in [4.69, 9.17) is 4.74 Å². The van der Waals surface area contributed by atoms with Crippen molar-refractivity contribution >= 4 is 17.7 Å². The zero-order valence-electron chi connectivity index (χ0n) is 17.1. The van der Waals surface area contributed by atoms with Gasteiger partial charge in [0.05, 0.1) is 6.54 Å². The zero-order valence-corrected chi connectivity index (χ0v) is 17.1. The summed E-state index contributed by atoms with van der Waals surface area (Å²) >= 11 is 0. The fourth-order valence-electron chi connectivity index (χ4n) is 3.37. The molecule has 2 aromatic carbocycles. The summed E-state index contributed by atoms with van der Waals surface area (Å²) in [5, 5.41) is 5.65. The Morgan fingerprint density at radius 1 is 1.00 bits per heavy atom. The summed E-state index contributed by atoms with van der Waals surface area (Å²) in [6, 6.07) is 16.6. The largest absolute Gasteiger partial charge is 0.484 e. The molecule has 2 aromatic rings. The Morgan fingerprint density at radius 2 is 1.67 bits per heavy atom. The first-order valence-corrected chi connectivity index (χ1v) is 10.1. The molecule has 158 valence electrons. The third kappa shape index (κ3) is 6.07. The molecule has 0 atom stereocenters. The topological polar surface area (TPSA) is 87.7 Å². The van der Waals surface area contributed by atoms with E-state index in [9.17, 15) is 14.4 Å². The lowest BCUT2D eigenvalue weighted by atomic mass is 10.0. The lowest BCUT2D eigenvalue weighted by molar-refractivity contribution is -0.134. The second-order valence-electron chi connectivity index (χ2n) is 7.32. The van der Waals surface area contributed by atoms with Gasteiger partial charge in [0.2, 0.25) is 5.91 Å². The van der Waals surface area contributed by atoms with Crippen LogP contribution in [0.3, 0.4) is 0 Å². The number of piperidine rings is 1. The van der Waals surface area contributed by atoms with Crippen molar-refractivity contribution in [2.24, 2.45) is 0 Å². The molecule has 0 unspecified atom stereocenters. The SMILES string of the molecule is Cc1ccccc1C(=O)NC1CCN(C(=O)CNC(=O)COc2ccccc2)CC1. The molecular formula is C23H27N3O4. The van der Waals surface area contributed by atoms with E-state index in [1.54, 1.807) is 17.0 Å². The first-order chi connectivity index (χ1) is 14.5. The molecule has 1 saturated heterocycles. The molecule has 1 aliphatic rings. The number of rotatable bonds is 7.